The van der Waals surface area contributed by atoms with E-state index in [9.17, 15) is 9.59 Å². The zero-order chi connectivity index (χ0) is 21.8. The van der Waals surface area contributed by atoms with Crippen LogP contribution < -0.4 is 10.2 Å². The molecule has 0 saturated carbocycles. The molecular weight excluding hydrogens is 428 g/mol. The Bertz CT molecular complexity index is 1060. The number of hydrogen-bond donors (Lipinski definition) is 1. The number of benzene rings is 2. The molecule has 2 heterocycles. The van der Waals surface area contributed by atoms with E-state index in [0.717, 1.165) is 21.2 Å². The maximum absolute atomic E-state index is 12.5. The molecule has 0 radical (unpaired) electrons. The van der Waals surface area contributed by atoms with E-state index in [0.29, 0.717) is 30.3 Å². The van der Waals surface area contributed by atoms with Gasteiger partial charge in [0.25, 0.3) is 0 Å². The zero-order valence-electron chi connectivity index (χ0n) is 17.5. The van der Waals surface area contributed by atoms with Crippen molar-refractivity contribution >= 4 is 45.7 Å². The fraction of sp³-hybridized carbons (Fsp3) is 0.304. The van der Waals surface area contributed by atoms with Crippen LogP contribution in [0.4, 0.5) is 10.8 Å². The van der Waals surface area contributed by atoms with Crippen molar-refractivity contribution < 1.29 is 9.59 Å². The highest BCUT2D eigenvalue weighted by molar-refractivity contribution is 7.99. The van der Waals surface area contributed by atoms with Gasteiger partial charge in [0.1, 0.15) is 5.01 Å². The molecule has 1 saturated heterocycles. The predicted molar refractivity (Wildman–Crippen MR) is 126 cm³/mol. The van der Waals surface area contributed by atoms with E-state index < -0.39 is 0 Å². The lowest BCUT2D eigenvalue weighted by Gasteiger charge is -2.16. The summed E-state index contributed by atoms with van der Waals surface area (Å²) in [5, 5.41) is 12.5. The lowest BCUT2D eigenvalue weighted by Crippen LogP contribution is -2.24. The number of hydrogen-bond acceptors (Lipinski definition) is 6. The Hall–Kier alpha value is -2.71. The minimum Gasteiger partial charge on any atom is -0.312 e. The summed E-state index contributed by atoms with van der Waals surface area (Å²) in [6, 6.07) is 16.2. The fourth-order valence-corrected chi connectivity index (χ4v) is 5.08. The number of carbonyl (C=O) groups is 2. The van der Waals surface area contributed by atoms with Gasteiger partial charge >= 0.3 is 0 Å². The van der Waals surface area contributed by atoms with Crippen LogP contribution in [-0.4, -0.2) is 34.3 Å². The monoisotopic (exact) mass is 452 g/mol. The first-order valence-corrected chi connectivity index (χ1v) is 12.0. The van der Waals surface area contributed by atoms with Crippen molar-refractivity contribution in [3.8, 4) is 0 Å². The first kappa shape index (κ1) is 21.5. The van der Waals surface area contributed by atoms with Gasteiger partial charge in [0.2, 0.25) is 16.9 Å². The third kappa shape index (κ3) is 5.51. The second-order valence-electron chi connectivity index (χ2n) is 7.65. The van der Waals surface area contributed by atoms with E-state index in [-0.39, 0.29) is 17.7 Å². The summed E-state index contributed by atoms with van der Waals surface area (Å²) in [6.45, 7) is 4.66. The molecule has 1 aromatic heterocycles. The Kier molecular flexibility index (Phi) is 6.67. The molecule has 1 aliphatic heterocycles. The van der Waals surface area contributed by atoms with Crippen molar-refractivity contribution in [3.05, 3.63) is 64.7 Å². The molecule has 2 amide bonds. The topological polar surface area (TPSA) is 75.2 Å². The normalized spacial score (nSPS) is 16.0. The summed E-state index contributed by atoms with van der Waals surface area (Å²) in [7, 11) is 0. The predicted octanol–water partition coefficient (Wildman–Crippen LogP) is 4.80. The van der Waals surface area contributed by atoms with Crippen LogP contribution in [0.5, 0.6) is 0 Å². The highest BCUT2D eigenvalue weighted by Crippen LogP contribution is 2.34. The molecule has 1 atom stereocenters. The number of anilines is 2. The van der Waals surface area contributed by atoms with Crippen LogP contribution >= 0.6 is 23.1 Å². The Morgan fingerprint density at radius 3 is 2.48 bits per heavy atom. The molecule has 0 bridgehead atoms. The van der Waals surface area contributed by atoms with Gasteiger partial charge in [-0.15, -0.1) is 22.0 Å². The minimum atomic E-state index is -0.0777. The summed E-state index contributed by atoms with van der Waals surface area (Å²) >= 11 is 3.01. The summed E-state index contributed by atoms with van der Waals surface area (Å²) in [6.07, 6.45) is 0.806. The van der Waals surface area contributed by atoms with Crippen molar-refractivity contribution in [1.29, 1.82) is 0 Å². The van der Waals surface area contributed by atoms with Gasteiger partial charge in [0, 0.05) is 41.6 Å². The van der Waals surface area contributed by atoms with Crippen LogP contribution in [-0.2, 0) is 9.59 Å². The third-order valence-electron chi connectivity index (χ3n) is 5.13. The molecule has 8 heteroatoms. The highest BCUT2D eigenvalue weighted by atomic mass is 32.2. The molecule has 6 nitrogen and oxygen atoms in total. The summed E-state index contributed by atoms with van der Waals surface area (Å²) in [5.41, 5.74) is 3.29. The van der Waals surface area contributed by atoms with E-state index in [1.165, 1.54) is 16.9 Å². The van der Waals surface area contributed by atoms with Crippen LogP contribution in [0, 0.1) is 13.8 Å². The molecular formula is C23H24N4O2S2. The number of nitrogens with zero attached hydrogens (tertiary/aromatic N) is 3. The van der Waals surface area contributed by atoms with Crippen LogP contribution in [0.3, 0.4) is 0 Å². The second kappa shape index (κ2) is 9.62. The number of aryl methyl sites for hydroxylation is 2. The SMILES string of the molecule is Cc1ccc(SCCC(=O)Nc2nnc(C3CC(=O)N(c4ccc(C)cc4)C3)s2)cc1. The van der Waals surface area contributed by atoms with Gasteiger partial charge in [-0.3, -0.25) is 9.59 Å². The van der Waals surface area contributed by atoms with Gasteiger partial charge < -0.3 is 10.2 Å². The number of thioether (sulfide) groups is 1. The Balaban J connectivity index is 1.29. The standard InChI is InChI=1S/C23H24N4O2S2/c1-15-3-7-18(8-4-15)27-14-17(13-21(27)29)22-25-26-23(31-22)24-20(28)11-12-30-19-9-5-16(2)6-10-19/h3-10,17H,11-14H2,1-2H3,(H,24,26,28). The second-order valence-corrected chi connectivity index (χ2v) is 9.82. The first-order chi connectivity index (χ1) is 15.0. The summed E-state index contributed by atoms with van der Waals surface area (Å²) in [5.74, 6) is 0.700. The van der Waals surface area contributed by atoms with Gasteiger partial charge in [0.05, 0.1) is 0 Å². The Labute approximate surface area is 190 Å². The van der Waals surface area contributed by atoms with Gasteiger partial charge in [-0.05, 0) is 38.1 Å². The molecule has 0 aliphatic carbocycles. The molecule has 0 spiro atoms. The molecule has 1 N–H and O–H groups in total. The zero-order valence-corrected chi connectivity index (χ0v) is 19.1. The molecule has 1 aliphatic rings. The molecule has 4 rings (SSSR count). The molecule has 1 fully saturated rings. The van der Waals surface area contributed by atoms with Gasteiger partial charge in [0.15, 0.2) is 0 Å². The first-order valence-electron chi connectivity index (χ1n) is 10.2. The van der Waals surface area contributed by atoms with E-state index in [1.807, 2.05) is 31.2 Å². The van der Waals surface area contributed by atoms with E-state index in [1.54, 1.807) is 16.7 Å². The fourth-order valence-electron chi connectivity index (χ4n) is 3.38. The lowest BCUT2D eigenvalue weighted by atomic mass is 10.1. The number of aromatic nitrogens is 2. The van der Waals surface area contributed by atoms with E-state index >= 15 is 0 Å². The average Bonchev–Trinajstić information content (AvgIpc) is 3.37. The van der Waals surface area contributed by atoms with Gasteiger partial charge in [-0.1, -0.05) is 46.7 Å². The number of nitrogens with one attached hydrogen (secondary N) is 1. The number of amides is 2. The molecule has 3 aromatic rings. The third-order valence-corrected chi connectivity index (χ3v) is 7.14. The smallest absolute Gasteiger partial charge is 0.227 e. The van der Waals surface area contributed by atoms with Crippen molar-refractivity contribution in [1.82, 2.24) is 10.2 Å². The van der Waals surface area contributed by atoms with Crippen molar-refractivity contribution in [2.75, 3.05) is 22.5 Å². The van der Waals surface area contributed by atoms with Crippen molar-refractivity contribution in [3.63, 3.8) is 0 Å². The largest absolute Gasteiger partial charge is 0.312 e. The number of rotatable bonds is 7. The molecule has 160 valence electrons. The van der Waals surface area contributed by atoms with Crippen LogP contribution in [0.1, 0.15) is 34.9 Å². The maximum Gasteiger partial charge on any atom is 0.227 e. The van der Waals surface area contributed by atoms with Crippen molar-refractivity contribution in [2.24, 2.45) is 0 Å². The van der Waals surface area contributed by atoms with Crippen molar-refractivity contribution in [2.45, 2.75) is 37.5 Å². The maximum atomic E-state index is 12.5. The number of carbonyl (C=O) groups excluding carboxylic acids is 2. The van der Waals surface area contributed by atoms with Gasteiger partial charge in [-0.2, -0.15) is 0 Å². The van der Waals surface area contributed by atoms with Crippen LogP contribution in [0.15, 0.2) is 53.4 Å². The van der Waals surface area contributed by atoms with E-state index in [4.69, 9.17) is 0 Å². The summed E-state index contributed by atoms with van der Waals surface area (Å²) < 4.78 is 0. The molecule has 1 unspecified atom stereocenters. The average molecular weight is 453 g/mol. The quantitative estimate of drug-likeness (QED) is 0.522. The van der Waals surface area contributed by atoms with E-state index in [2.05, 4.69) is 46.7 Å². The Morgan fingerprint density at radius 1 is 1.10 bits per heavy atom. The lowest BCUT2D eigenvalue weighted by molar-refractivity contribution is -0.117. The van der Waals surface area contributed by atoms with Gasteiger partial charge in [-0.25, -0.2) is 0 Å². The Morgan fingerprint density at radius 2 is 1.77 bits per heavy atom. The highest BCUT2D eigenvalue weighted by Gasteiger charge is 2.33. The molecule has 2 aromatic carbocycles. The minimum absolute atomic E-state index is 0.00551. The summed E-state index contributed by atoms with van der Waals surface area (Å²) in [4.78, 5) is 27.7. The van der Waals surface area contributed by atoms with Crippen LogP contribution in [0.25, 0.3) is 0 Å². The molecule has 31 heavy (non-hydrogen) atoms. The van der Waals surface area contributed by atoms with Crippen LogP contribution in [0.2, 0.25) is 0 Å².